The highest BCUT2D eigenvalue weighted by Crippen LogP contribution is 2.13. The second-order valence-corrected chi connectivity index (χ2v) is 3.62. The van der Waals surface area contributed by atoms with E-state index in [0.29, 0.717) is 12.0 Å². The molecule has 2 N–H and O–H groups in total. The van der Waals surface area contributed by atoms with Crippen LogP contribution in [0.5, 0.6) is 0 Å². The van der Waals surface area contributed by atoms with Crippen LogP contribution in [0.1, 0.15) is 47.0 Å². The summed E-state index contributed by atoms with van der Waals surface area (Å²) >= 11 is 0. The van der Waals surface area contributed by atoms with Gasteiger partial charge in [-0.15, -0.1) is 0 Å². The Morgan fingerprint density at radius 1 is 1.25 bits per heavy atom. The van der Waals surface area contributed by atoms with Crippen molar-refractivity contribution in [2.45, 2.75) is 59.2 Å². The molecule has 12 heavy (non-hydrogen) atoms. The molecule has 74 valence electrons. The predicted molar refractivity (Wildman–Crippen MR) is 53.0 cm³/mol. The molecule has 0 aliphatic rings. The fourth-order valence-corrected chi connectivity index (χ4v) is 1.65. The first kappa shape index (κ1) is 11.9. The van der Waals surface area contributed by atoms with Crippen molar-refractivity contribution in [1.82, 2.24) is 5.32 Å². The van der Waals surface area contributed by atoms with E-state index in [1.165, 1.54) is 12.8 Å². The summed E-state index contributed by atoms with van der Waals surface area (Å²) in [6.07, 6.45) is 3.16. The van der Waals surface area contributed by atoms with E-state index in [9.17, 15) is 0 Å². The van der Waals surface area contributed by atoms with Gasteiger partial charge in [-0.05, 0) is 25.7 Å². The van der Waals surface area contributed by atoms with E-state index in [1.54, 1.807) is 6.92 Å². The maximum Gasteiger partial charge on any atom is 0.102 e. The van der Waals surface area contributed by atoms with Gasteiger partial charge in [-0.3, -0.25) is 5.32 Å². The molecule has 0 saturated carbocycles. The van der Waals surface area contributed by atoms with Gasteiger partial charge in [0.15, 0.2) is 0 Å². The Bertz CT molecular complexity index is 104. The van der Waals surface area contributed by atoms with Crippen molar-refractivity contribution in [3.8, 4) is 0 Å². The molecule has 0 aromatic rings. The van der Waals surface area contributed by atoms with Crippen molar-refractivity contribution in [3.63, 3.8) is 0 Å². The molecule has 0 heterocycles. The fraction of sp³-hybridized carbons (Fsp3) is 1.00. The highest BCUT2D eigenvalue weighted by Gasteiger charge is 2.14. The van der Waals surface area contributed by atoms with Gasteiger partial charge in [0.1, 0.15) is 6.23 Å². The average molecular weight is 173 g/mol. The maximum atomic E-state index is 9.16. The van der Waals surface area contributed by atoms with Crippen LogP contribution in [0.3, 0.4) is 0 Å². The first-order valence-electron chi connectivity index (χ1n) is 5.05. The van der Waals surface area contributed by atoms with Crippen LogP contribution in [0.2, 0.25) is 0 Å². The van der Waals surface area contributed by atoms with Gasteiger partial charge in [0.05, 0.1) is 0 Å². The normalized spacial score (nSPS) is 18.8. The summed E-state index contributed by atoms with van der Waals surface area (Å²) in [5.41, 5.74) is 0. The molecule has 2 heteroatoms. The number of aliphatic hydroxyl groups excluding tert-OH is 1. The molecule has 0 aliphatic carbocycles. The SMILES string of the molecule is CCCC(C)C(CC)NC(C)O. The first-order valence-corrected chi connectivity index (χ1v) is 5.05. The predicted octanol–water partition coefficient (Wildman–Crippen LogP) is 2.13. The Labute approximate surface area is 76.4 Å². The van der Waals surface area contributed by atoms with Gasteiger partial charge >= 0.3 is 0 Å². The summed E-state index contributed by atoms with van der Waals surface area (Å²) in [5, 5.41) is 12.3. The summed E-state index contributed by atoms with van der Waals surface area (Å²) < 4.78 is 0. The van der Waals surface area contributed by atoms with Crippen LogP contribution in [-0.4, -0.2) is 17.4 Å². The van der Waals surface area contributed by atoms with Gasteiger partial charge in [-0.25, -0.2) is 0 Å². The fourth-order valence-electron chi connectivity index (χ4n) is 1.65. The van der Waals surface area contributed by atoms with E-state index in [4.69, 9.17) is 5.11 Å². The smallest absolute Gasteiger partial charge is 0.102 e. The maximum absolute atomic E-state index is 9.16. The van der Waals surface area contributed by atoms with Gasteiger partial charge in [-0.1, -0.05) is 27.2 Å². The quantitative estimate of drug-likeness (QED) is 0.603. The minimum absolute atomic E-state index is 0.380. The molecular formula is C10H23NO. The number of hydrogen-bond donors (Lipinski definition) is 2. The van der Waals surface area contributed by atoms with E-state index in [-0.39, 0.29) is 6.23 Å². The Morgan fingerprint density at radius 3 is 2.17 bits per heavy atom. The second kappa shape index (κ2) is 6.44. The Hall–Kier alpha value is -0.0800. The van der Waals surface area contributed by atoms with Crippen LogP contribution in [0, 0.1) is 5.92 Å². The molecule has 0 radical (unpaired) electrons. The van der Waals surface area contributed by atoms with E-state index in [1.807, 2.05) is 0 Å². The van der Waals surface area contributed by atoms with Crippen molar-refractivity contribution < 1.29 is 5.11 Å². The Balaban J connectivity index is 3.78. The molecule has 0 aromatic carbocycles. The summed E-state index contributed by atoms with van der Waals surface area (Å²) in [6.45, 7) is 8.38. The number of aliphatic hydroxyl groups is 1. The van der Waals surface area contributed by atoms with Crippen molar-refractivity contribution >= 4 is 0 Å². The molecule has 0 fully saturated rings. The molecule has 0 rings (SSSR count). The number of hydrogen-bond acceptors (Lipinski definition) is 2. The van der Waals surface area contributed by atoms with Crippen LogP contribution >= 0.6 is 0 Å². The lowest BCUT2D eigenvalue weighted by Crippen LogP contribution is -2.40. The lowest BCUT2D eigenvalue weighted by atomic mass is 9.95. The minimum Gasteiger partial charge on any atom is -0.379 e. The summed E-state index contributed by atoms with van der Waals surface area (Å²) in [5.74, 6) is 0.662. The summed E-state index contributed by atoms with van der Waals surface area (Å²) in [4.78, 5) is 0. The molecule has 0 aromatic heterocycles. The zero-order chi connectivity index (χ0) is 9.56. The van der Waals surface area contributed by atoms with E-state index >= 15 is 0 Å². The van der Waals surface area contributed by atoms with Gasteiger partial charge in [-0.2, -0.15) is 0 Å². The highest BCUT2D eigenvalue weighted by atomic mass is 16.3. The zero-order valence-electron chi connectivity index (χ0n) is 8.80. The molecule has 3 unspecified atom stereocenters. The monoisotopic (exact) mass is 173 g/mol. The third-order valence-electron chi connectivity index (χ3n) is 2.33. The molecule has 2 nitrogen and oxygen atoms in total. The lowest BCUT2D eigenvalue weighted by molar-refractivity contribution is 0.124. The van der Waals surface area contributed by atoms with Gasteiger partial charge < -0.3 is 5.11 Å². The topological polar surface area (TPSA) is 32.3 Å². The van der Waals surface area contributed by atoms with Gasteiger partial charge in [0.25, 0.3) is 0 Å². The second-order valence-electron chi connectivity index (χ2n) is 3.62. The molecule has 0 aliphatic heterocycles. The summed E-state index contributed by atoms with van der Waals surface area (Å²) in [7, 11) is 0. The van der Waals surface area contributed by atoms with Crippen molar-refractivity contribution in [2.75, 3.05) is 0 Å². The number of nitrogens with one attached hydrogen (secondary N) is 1. The molecule has 0 saturated heterocycles. The van der Waals surface area contributed by atoms with Crippen LogP contribution in [0.25, 0.3) is 0 Å². The lowest BCUT2D eigenvalue weighted by Gasteiger charge is -2.25. The zero-order valence-corrected chi connectivity index (χ0v) is 8.80. The van der Waals surface area contributed by atoms with Crippen molar-refractivity contribution in [3.05, 3.63) is 0 Å². The van der Waals surface area contributed by atoms with E-state index in [2.05, 4.69) is 26.1 Å². The largest absolute Gasteiger partial charge is 0.379 e. The van der Waals surface area contributed by atoms with Crippen molar-refractivity contribution in [1.29, 1.82) is 0 Å². The Morgan fingerprint density at radius 2 is 1.83 bits per heavy atom. The molecule has 3 atom stereocenters. The first-order chi connectivity index (χ1) is 5.61. The van der Waals surface area contributed by atoms with Crippen molar-refractivity contribution in [2.24, 2.45) is 5.92 Å². The highest BCUT2D eigenvalue weighted by molar-refractivity contribution is 4.71. The van der Waals surface area contributed by atoms with E-state index in [0.717, 1.165) is 6.42 Å². The van der Waals surface area contributed by atoms with Gasteiger partial charge in [0, 0.05) is 6.04 Å². The minimum atomic E-state index is -0.380. The number of rotatable bonds is 6. The third-order valence-corrected chi connectivity index (χ3v) is 2.33. The molecular weight excluding hydrogens is 150 g/mol. The van der Waals surface area contributed by atoms with E-state index < -0.39 is 0 Å². The van der Waals surface area contributed by atoms with Gasteiger partial charge in [0.2, 0.25) is 0 Å². The van der Waals surface area contributed by atoms with Crippen LogP contribution in [0.4, 0.5) is 0 Å². The molecule has 0 amide bonds. The third kappa shape index (κ3) is 4.73. The summed E-state index contributed by atoms with van der Waals surface area (Å²) in [6, 6.07) is 0.463. The average Bonchev–Trinajstić information content (AvgIpc) is 2.00. The van der Waals surface area contributed by atoms with Crippen LogP contribution in [0.15, 0.2) is 0 Å². The molecule has 0 bridgehead atoms. The van der Waals surface area contributed by atoms with Crippen LogP contribution in [-0.2, 0) is 0 Å². The van der Waals surface area contributed by atoms with Crippen LogP contribution < -0.4 is 5.32 Å². The molecule has 0 spiro atoms. The standard InChI is InChI=1S/C10H23NO/c1-5-7-8(3)10(6-2)11-9(4)12/h8-12H,5-7H2,1-4H3. The Kier molecular flexibility index (Phi) is 6.39.